The summed E-state index contributed by atoms with van der Waals surface area (Å²) in [6, 6.07) is 19.3. The second-order valence-electron chi connectivity index (χ2n) is 10.2. The van der Waals surface area contributed by atoms with E-state index in [9.17, 15) is 10.1 Å². The summed E-state index contributed by atoms with van der Waals surface area (Å²) in [6.07, 6.45) is 1.75. The molecule has 9 nitrogen and oxygen atoms in total. The molecule has 1 N–H and O–H groups in total. The third-order valence-corrected chi connectivity index (χ3v) is 7.46. The average Bonchev–Trinajstić information content (AvgIpc) is 2.95. The van der Waals surface area contributed by atoms with Crippen LogP contribution in [-0.4, -0.2) is 47.8 Å². The van der Waals surface area contributed by atoms with E-state index in [-0.39, 0.29) is 12.5 Å². The predicted molar refractivity (Wildman–Crippen MR) is 143 cm³/mol. The Morgan fingerprint density at radius 2 is 1.92 bits per heavy atom. The van der Waals surface area contributed by atoms with Gasteiger partial charge >= 0.3 is 0 Å². The highest BCUT2D eigenvalue weighted by Gasteiger charge is 2.42. The van der Waals surface area contributed by atoms with Crippen LogP contribution in [0.5, 0.6) is 0 Å². The number of carbonyl (C=O) groups is 1. The fourth-order valence-corrected chi connectivity index (χ4v) is 4.95. The van der Waals surface area contributed by atoms with Crippen LogP contribution in [-0.2, 0) is 38.4 Å². The summed E-state index contributed by atoms with van der Waals surface area (Å²) >= 11 is 0. The predicted octanol–water partition coefficient (Wildman–Crippen LogP) is 3.81. The molecule has 2 aliphatic rings. The molecule has 1 atom stereocenters. The lowest BCUT2D eigenvalue weighted by Gasteiger charge is -2.39. The van der Waals surface area contributed by atoms with E-state index in [4.69, 9.17) is 24.2 Å². The second kappa shape index (κ2) is 9.82. The molecule has 9 heteroatoms. The summed E-state index contributed by atoms with van der Waals surface area (Å²) in [5.74, 6) is -0.235. The number of nitrogens with zero attached hydrogens (tertiary/aromatic N) is 4. The van der Waals surface area contributed by atoms with Crippen molar-refractivity contribution >= 4 is 16.8 Å². The number of benzene rings is 1. The molecule has 0 saturated carbocycles. The van der Waals surface area contributed by atoms with Gasteiger partial charge in [0.05, 0.1) is 67.3 Å². The van der Waals surface area contributed by atoms with E-state index in [0.717, 1.165) is 39.1 Å². The molecule has 6 rings (SSSR count). The van der Waals surface area contributed by atoms with Crippen LogP contribution in [0.15, 0.2) is 60.8 Å². The number of carbonyl (C=O) groups excluding carboxylic acids is 1. The molecule has 0 unspecified atom stereocenters. The van der Waals surface area contributed by atoms with Gasteiger partial charge in [-0.15, -0.1) is 0 Å². The van der Waals surface area contributed by atoms with Gasteiger partial charge in [0.2, 0.25) is 0 Å². The molecule has 3 aromatic heterocycles. The maximum Gasteiger partial charge on any atom is 0.251 e. The third-order valence-electron chi connectivity index (χ3n) is 7.46. The van der Waals surface area contributed by atoms with E-state index in [1.54, 1.807) is 25.4 Å². The van der Waals surface area contributed by atoms with Crippen molar-refractivity contribution in [1.29, 1.82) is 5.26 Å². The van der Waals surface area contributed by atoms with E-state index < -0.39 is 11.0 Å². The molecule has 4 aromatic rings. The SMILES string of the molecule is COC1(c2cccc(-c3ccc4cnc(CNC(=O)c5ccc6c(c5)[C@](C)(C#N)COC6)cc4n3)n2)COC1. The number of nitriles is 1. The van der Waals surface area contributed by atoms with Crippen LogP contribution in [0.4, 0.5) is 0 Å². The minimum atomic E-state index is -0.780. The van der Waals surface area contributed by atoms with Crippen LogP contribution in [0, 0.1) is 11.3 Å². The lowest BCUT2D eigenvalue weighted by molar-refractivity contribution is -0.204. The van der Waals surface area contributed by atoms with Gasteiger partial charge in [0.25, 0.3) is 5.91 Å². The van der Waals surface area contributed by atoms with Crippen LogP contribution >= 0.6 is 0 Å². The van der Waals surface area contributed by atoms with E-state index in [1.807, 2.05) is 49.4 Å². The number of rotatable bonds is 6. The van der Waals surface area contributed by atoms with Crippen LogP contribution in [0.3, 0.4) is 0 Å². The fraction of sp³-hybridized carbons (Fsp3) is 0.300. The standard InChI is InChI=1S/C30H27N5O4/c1-29(15-31)16-38-14-21-7-6-19(10-23(21)29)28(36)33-13-22-11-26-20(12-32-22)8-9-25(34-26)24-4-3-5-27(35-24)30(37-2)17-39-18-30/h3-12H,13-14,16-18H2,1-2H3,(H,33,36)/t29-/m1/s1. The molecule has 1 fully saturated rings. The zero-order chi connectivity index (χ0) is 27.0. The quantitative estimate of drug-likeness (QED) is 0.407. The molecule has 0 radical (unpaired) electrons. The Kier molecular flexibility index (Phi) is 6.31. The molecular formula is C30H27N5O4. The lowest BCUT2D eigenvalue weighted by atomic mass is 9.79. The summed E-state index contributed by atoms with van der Waals surface area (Å²) < 4.78 is 16.6. The first-order valence-corrected chi connectivity index (χ1v) is 12.7. The topological polar surface area (TPSA) is 119 Å². The van der Waals surface area contributed by atoms with Gasteiger partial charge in [0.1, 0.15) is 5.41 Å². The minimum Gasteiger partial charge on any atom is -0.375 e. The lowest BCUT2D eigenvalue weighted by Crippen LogP contribution is -2.48. The number of pyridine rings is 3. The monoisotopic (exact) mass is 521 g/mol. The van der Waals surface area contributed by atoms with Gasteiger partial charge in [-0.25, -0.2) is 9.97 Å². The van der Waals surface area contributed by atoms with E-state index >= 15 is 0 Å². The maximum absolute atomic E-state index is 13.0. The Morgan fingerprint density at radius 3 is 2.69 bits per heavy atom. The van der Waals surface area contributed by atoms with Crippen LogP contribution < -0.4 is 5.32 Å². The summed E-state index contributed by atoms with van der Waals surface area (Å²) in [4.78, 5) is 27.1. The maximum atomic E-state index is 13.0. The largest absolute Gasteiger partial charge is 0.375 e. The van der Waals surface area contributed by atoms with Crippen molar-refractivity contribution < 1.29 is 19.0 Å². The van der Waals surface area contributed by atoms with E-state index in [2.05, 4.69) is 16.4 Å². The smallest absolute Gasteiger partial charge is 0.251 e. The van der Waals surface area contributed by atoms with E-state index in [0.29, 0.717) is 37.7 Å². The van der Waals surface area contributed by atoms with Crippen LogP contribution in [0.2, 0.25) is 0 Å². The van der Waals surface area contributed by atoms with Crippen molar-refractivity contribution in [3.63, 3.8) is 0 Å². The van der Waals surface area contributed by atoms with Gasteiger partial charge in [-0.1, -0.05) is 12.1 Å². The van der Waals surface area contributed by atoms with Crippen LogP contribution in [0.1, 0.15) is 39.8 Å². The highest BCUT2D eigenvalue weighted by Crippen LogP contribution is 2.34. The molecule has 0 aliphatic carbocycles. The Hall–Kier alpha value is -4.23. The zero-order valence-corrected chi connectivity index (χ0v) is 21.7. The van der Waals surface area contributed by atoms with Gasteiger partial charge < -0.3 is 19.5 Å². The molecule has 5 heterocycles. The molecule has 1 aromatic carbocycles. The molecular weight excluding hydrogens is 494 g/mol. The van der Waals surface area contributed by atoms with Crippen molar-refractivity contribution in [2.75, 3.05) is 26.9 Å². The number of ether oxygens (including phenoxy) is 3. The highest BCUT2D eigenvalue weighted by atomic mass is 16.6. The minimum absolute atomic E-state index is 0.235. The fourth-order valence-electron chi connectivity index (χ4n) is 4.95. The average molecular weight is 522 g/mol. The Balaban J connectivity index is 1.21. The number of hydrogen-bond acceptors (Lipinski definition) is 8. The van der Waals surface area contributed by atoms with Gasteiger partial charge in [0, 0.05) is 24.3 Å². The summed E-state index contributed by atoms with van der Waals surface area (Å²) in [7, 11) is 1.67. The first kappa shape index (κ1) is 25.1. The number of amides is 1. The van der Waals surface area contributed by atoms with Gasteiger partial charge in [0.15, 0.2) is 5.60 Å². The van der Waals surface area contributed by atoms with Crippen molar-refractivity contribution in [3.05, 3.63) is 88.9 Å². The Morgan fingerprint density at radius 1 is 1.08 bits per heavy atom. The number of fused-ring (bicyclic) bond motifs is 2. The third kappa shape index (κ3) is 4.53. The van der Waals surface area contributed by atoms with Gasteiger partial charge in [-0.3, -0.25) is 9.78 Å². The molecule has 39 heavy (non-hydrogen) atoms. The van der Waals surface area contributed by atoms with Gasteiger partial charge in [-0.2, -0.15) is 5.26 Å². The van der Waals surface area contributed by atoms with Crippen molar-refractivity contribution in [3.8, 4) is 17.5 Å². The molecule has 2 aliphatic heterocycles. The summed E-state index contributed by atoms with van der Waals surface area (Å²) in [5, 5.41) is 13.5. The van der Waals surface area contributed by atoms with Crippen molar-refractivity contribution in [2.24, 2.45) is 0 Å². The van der Waals surface area contributed by atoms with Crippen molar-refractivity contribution in [1.82, 2.24) is 20.3 Å². The number of nitrogens with one attached hydrogen (secondary N) is 1. The Labute approximate surface area is 225 Å². The molecule has 0 spiro atoms. The number of methoxy groups -OCH3 is 1. The summed E-state index contributed by atoms with van der Waals surface area (Å²) in [5.41, 5.74) is 4.70. The van der Waals surface area contributed by atoms with E-state index in [1.165, 1.54) is 0 Å². The summed E-state index contributed by atoms with van der Waals surface area (Å²) in [6.45, 7) is 3.76. The van der Waals surface area contributed by atoms with Gasteiger partial charge in [-0.05, 0) is 60.5 Å². The molecule has 1 saturated heterocycles. The highest BCUT2D eigenvalue weighted by molar-refractivity contribution is 5.94. The molecule has 196 valence electrons. The van der Waals surface area contributed by atoms with Crippen molar-refractivity contribution in [2.45, 2.75) is 31.1 Å². The Bertz CT molecular complexity index is 1620. The molecule has 0 bridgehead atoms. The first-order valence-electron chi connectivity index (χ1n) is 12.7. The normalized spacial score (nSPS) is 19.5. The first-order chi connectivity index (χ1) is 18.9. The molecule has 1 amide bonds. The zero-order valence-electron chi connectivity index (χ0n) is 21.7. The van der Waals surface area contributed by atoms with Crippen LogP contribution in [0.25, 0.3) is 22.3 Å². The number of hydrogen-bond donors (Lipinski definition) is 1. The second-order valence-corrected chi connectivity index (χ2v) is 10.2. The number of aromatic nitrogens is 3.